The van der Waals surface area contributed by atoms with Gasteiger partial charge in [-0.3, -0.25) is 0 Å². The second-order valence-corrected chi connectivity index (χ2v) is 6.85. The Labute approximate surface area is 119 Å². The van der Waals surface area contributed by atoms with Crippen LogP contribution in [0.1, 0.15) is 88.9 Å². The molecule has 0 radical (unpaired) electrons. The third-order valence-electron chi connectivity index (χ3n) is 3.26. The Bertz CT molecular complexity index is 136. The largest absolute Gasteiger partial charge is 0.412 e. The molecule has 0 heterocycles. The Kier molecular flexibility index (Phi) is 19.3. The van der Waals surface area contributed by atoms with Crippen molar-refractivity contribution in [3.05, 3.63) is 0 Å². The van der Waals surface area contributed by atoms with E-state index < -0.39 is 0 Å². The Balaban J connectivity index is -0.000000108. The van der Waals surface area contributed by atoms with Gasteiger partial charge >= 0.3 is 0 Å². The van der Waals surface area contributed by atoms with Gasteiger partial charge in [0.25, 0.3) is 0 Å². The normalized spacial score (nSPS) is 12.2. The highest BCUT2D eigenvalue weighted by Gasteiger charge is 1.99. The molecule has 0 fully saturated rings. The van der Waals surface area contributed by atoms with Crippen LogP contribution in [-0.2, 0) is 0 Å². The molecular weight excluding hydrogens is 220 g/mol. The molecular formula is C17H42O. The van der Waals surface area contributed by atoms with Gasteiger partial charge in [0.15, 0.2) is 0 Å². The molecule has 2 N–H and O–H groups in total. The molecule has 1 atom stereocenters. The van der Waals surface area contributed by atoms with Gasteiger partial charge in [-0.1, -0.05) is 87.5 Å². The van der Waals surface area contributed by atoms with Crippen LogP contribution >= 0.6 is 0 Å². The Hall–Kier alpha value is -0.0400. The molecule has 0 spiro atoms. The van der Waals surface area contributed by atoms with E-state index in [-0.39, 0.29) is 6.90 Å². The summed E-state index contributed by atoms with van der Waals surface area (Å²) in [7, 11) is 0. The Morgan fingerprint density at radius 2 is 0.889 bits per heavy atom. The molecule has 0 aromatic rings. The van der Waals surface area contributed by atoms with E-state index in [2.05, 4.69) is 55.4 Å². The van der Waals surface area contributed by atoms with Crippen molar-refractivity contribution in [1.29, 1.82) is 0 Å². The van der Waals surface area contributed by atoms with Gasteiger partial charge in [-0.2, -0.15) is 0 Å². The first kappa shape index (κ1) is 23.1. The minimum atomic E-state index is 0. The van der Waals surface area contributed by atoms with E-state index >= 15 is 0 Å². The van der Waals surface area contributed by atoms with Crippen molar-refractivity contribution < 1.29 is 6.90 Å². The van der Waals surface area contributed by atoms with Gasteiger partial charge in [0, 0.05) is 1.43 Å². The zero-order valence-corrected chi connectivity index (χ0v) is 14.3. The predicted octanol–water partition coefficient (Wildman–Crippen LogP) is 5.97. The van der Waals surface area contributed by atoms with E-state index in [0.717, 1.165) is 23.7 Å². The van der Waals surface area contributed by atoms with Gasteiger partial charge in [0.05, 0.1) is 0 Å². The summed E-state index contributed by atoms with van der Waals surface area (Å²) in [5.41, 5.74) is 0. The minimum Gasteiger partial charge on any atom is -0.412 e. The maximum Gasteiger partial charge on any atom is 0 e. The average molecular weight is 263 g/mol. The van der Waals surface area contributed by atoms with Gasteiger partial charge in [0.2, 0.25) is 0 Å². The fourth-order valence-electron chi connectivity index (χ4n) is 1.49. The second-order valence-electron chi connectivity index (χ2n) is 6.85. The molecule has 18 heavy (non-hydrogen) atoms. The molecule has 1 nitrogen and oxygen atoms in total. The summed E-state index contributed by atoms with van der Waals surface area (Å²) in [5.74, 6) is 3.60. The highest BCUT2D eigenvalue weighted by molar-refractivity contribution is 4.52. The van der Waals surface area contributed by atoms with Crippen LogP contribution in [0.15, 0.2) is 0 Å². The first-order valence-corrected chi connectivity index (χ1v) is 7.79. The molecule has 0 saturated heterocycles. The van der Waals surface area contributed by atoms with Crippen LogP contribution < -0.4 is 0 Å². The molecule has 0 aromatic carbocycles. The number of rotatable bonds is 7. The average Bonchev–Trinajstić information content (AvgIpc) is 2.23. The molecule has 0 saturated carbocycles. The van der Waals surface area contributed by atoms with E-state index in [9.17, 15) is 0 Å². The van der Waals surface area contributed by atoms with Crippen LogP contribution in [0.2, 0.25) is 0 Å². The van der Waals surface area contributed by atoms with Crippen LogP contribution in [0.25, 0.3) is 0 Å². The quantitative estimate of drug-likeness (QED) is 0.541. The highest BCUT2D eigenvalue weighted by atomic mass is 16.0. The van der Waals surface area contributed by atoms with Crippen molar-refractivity contribution in [2.75, 3.05) is 0 Å². The number of hydrogen-bond acceptors (Lipinski definition) is 0. The van der Waals surface area contributed by atoms with Gasteiger partial charge < -0.3 is 5.48 Å². The molecule has 0 aliphatic heterocycles. The summed E-state index contributed by atoms with van der Waals surface area (Å²) in [4.78, 5) is 0. The van der Waals surface area contributed by atoms with E-state index in [1.165, 1.54) is 32.1 Å². The topological polar surface area (TPSA) is 31.5 Å². The Morgan fingerprint density at radius 1 is 0.611 bits per heavy atom. The molecule has 0 aliphatic carbocycles. The zero-order valence-electron chi connectivity index (χ0n) is 14.3. The third kappa shape index (κ3) is 25.0. The summed E-state index contributed by atoms with van der Waals surface area (Å²) < 4.78 is 0. The highest BCUT2D eigenvalue weighted by Crippen LogP contribution is 2.13. The van der Waals surface area contributed by atoms with Gasteiger partial charge in [0.1, 0.15) is 0 Å². The molecule has 0 amide bonds. The van der Waals surface area contributed by atoms with Crippen molar-refractivity contribution >= 4 is 0 Å². The van der Waals surface area contributed by atoms with Gasteiger partial charge in [-0.05, 0) is 23.7 Å². The molecule has 1 heteroatoms. The lowest BCUT2D eigenvalue weighted by molar-refractivity contribution is 0.441. The molecule has 0 bridgehead atoms. The molecule has 1 unspecified atom stereocenters. The molecule has 116 valence electrons. The lowest BCUT2D eigenvalue weighted by Crippen LogP contribution is -1.95. The van der Waals surface area contributed by atoms with Gasteiger partial charge in [-0.15, -0.1) is 0 Å². The van der Waals surface area contributed by atoms with E-state index in [0.29, 0.717) is 0 Å². The van der Waals surface area contributed by atoms with Crippen LogP contribution in [0.4, 0.5) is 0 Å². The summed E-state index contributed by atoms with van der Waals surface area (Å²) in [6, 6.07) is 0. The van der Waals surface area contributed by atoms with Crippen molar-refractivity contribution in [2.24, 2.45) is 23.7 Å². The lowest BCUT2D eigenvalue weighted by Gasteiger charge is -2.09. The van der Waals surface area contributed by atoms with Crippen molar-refractivity contribution in [1.82, 2.24) is 0 Å². The van der Waals surface area contributed by atoms with Crippen molar-refractivity contribution in [3.63, 3.8) is 0 Å². The fraction of sp³-hybridized carbons (Fsp3) is 1.00. The molecule has 0 aromatic heterocycles. The summed E-state index contributed by atoms with van der Waals surface area (Å²) in [5, 5.41) is 0. The smallest absolute Gasteiger partial charge is 0 e. The summed E-state index contributed by atoms with van der Waals surface area (Å²) in [6.45, 7) is 18.3. The maximum absolute atomic E-state index is 2.34. The standard InChI is InChI=1S/C9H20.C8H18.H2O.H2/c1-5-9(4)7-6-8(2)3;1-7(2)5-6-8(3)4;;/h8-9H,5-7H2,1-4H3;7-8H,5-6H2,1-4H3;1H2;1H. The van der Waals surface area contributed by atoms with E-state index in [1.807, 2.05) is 0 Å². The summed E-state index contributed by atoms with van der Waals surface area (Å²) in [6.07, 6.45) is 6.92. The SMILES string of the molecule is CC(C)CCC(C)C.CCC(C)CCC(C)C.O.[HH]. The first-order valence-electron chi connectivity index (χ1n) is 7.79. The minimum absolute atomic E-state index is 0. The first-order chi connectivity index (χ1) is 7.79. The summed E-state index contributed by atoms with van der Waals surface area (Å²) >= 11 is 0. The maximum atomic E-state index is 2.34. The van der Waals surface area contributed by atoms with Crippen LogP contribution in [-0.4, -0.2) is 5.48 Å². The Morgan fingerprint density at radius 3 is 1.11 bits per heavy atom. The molecule has 0 aliphatic rings. The van der Waals surface area contributed by atoms with Crippen molar-refractivity contribution in [2.45, 2.75) is 87.5 Å². The van der Waals surface area contributed by atoms with Gasteiger partial charge in [-0.25, -0.2) is 0 Å². The number of hydrogen-bond donors (Lipinski definition) is 0. The van der Waals surface area contributed by atoms with Crippen LogP contribution in [0.5, 0.6) is 0 Å². The predicted molar refractivity (Wildman–Crippen MR) is 88.2 cm³/mol. The third-order valence-corrected chi connectivity index (χ3v) is 3.26. The fourth-order valence-corrected chi connectivity index (χ4v) is 1.49. The lowest BCUT2D eigenvalue weighted by atomic mass is 9.98. The monoisotopic (exact) mass is 262 g/mol. The van der Waals surface area contributed by atoms with Crippen molar-refractivity contribution in [3.8, 4) is 0 Å². The zero-order chi connectivity index (χ0) is 13.8. The second kappa shape index (κ2) is 15.0. The van der Waals surface area contributed by atoms with Crippen LogP contribution in [0, 0.1) is 23.7 Å². The van der Waals surface area contributed by atoms with E-state index in [1.54, 1.807) is 0 Å². The van der Waals surface area contributed by atoms with E-state index in [4.69, 9.17) is 0 Å². The molecule has 0 rings (SSSR count). The van der Waals surface area contributed by atoms with Crippen LogP contribution in [0.3, 0.4) is 0 Å².